The van der Waals surface area contributed by atoms with Crippen LogP contribution in [0, 0.1) is 0 Å². The van der Waals surface area contributed by atoms with Gasteiger partial charge in [-0.1, -0.05) is 30.3 Å². The van der Waals surface area contributed by atoms with E-state index in [1.807, 2.05) is 35.2 Å². The number of hydrogen-bond acceptors (Lipinski definition) is 7. The first-order valence-corrected chi connectivity index (χ1v) is 10.1. The number of carbonyl (C=O) groups excluding carboxylic acids is 2. The number of ether oxygens (including phenoxy) is 1. The average molecular weight is 435 g/mol. The fraction of sp³-hybridized carbons (Fsp3) is 0.227. The van der Waals surface area contributed by atoms with Gasteiger partial charge in [0.05, 0.1) is 17.9 Å². The first-order chi connectivity index (χ1) is 15.5. The van der Waals surface area contributed by atoms with Crippen molar-refractivity contribution in [2.24, 2.45) is 0 Å². The Balaban J connectivity index is 1.61. The first kappa shape index (κ1) is 21.0. The van der Waals surface area contributed by atoms with Crippen LogP contribution in [0.3, 0.4) is 0 Å². The lowest BCUT2D eigenvalue weighted by atomic mass is 10.2. The zero-order valence-electron chi connectivity index (χ0n) is 17.4. The molecule has 0 aliphatic carbocycles. The molecular formula is C22H21N5O5. The molecule has 2 heterocycles. The number of nitrogens with zero attached hydrogens (tertiary/aromatic N) is 4. The lowest BCUT2D eigenvalue weighted by Crippen LogP contribution is -2.44. The Morgan fingerprint density at radius 1 is 1.00 bits per heavy atom. The van der Waals surface area contributed by atoms with E-state index in [0.29, 0.717) is 19.0 Å². The molecule has 1 amide bonds. The molecule has 0 bridgehead atoms. The van der Waals surface area contributed by atoms with Gasteiger partial charge in [-0.3, -0.25) is 19.0 Å². The van der Waals surface area contributed by atoms with Gasteiger partial charge < -0.3 is 15.0 Å². The van der Waals surface area contributed by atoms with Crippen molar-refractivity contribution >= 4 is 29.2 Å². The molecule has 0 saturated carbocycles. The molecule has 2 aromatic carbocycles. The topological polar surface area (TPSA) is 116 Å². The molecule has 0 spiro atoms. The molecule has 0 radical (unpaired) electrons. The predicted molar refractivity (Wildman–Crippen MR) is 117 cm³/mol. The van der Waals surface area contributed by atoms with Gasteiger partial charge in [0.1, 0.15) is 6.54 Å². The summed E-state index contributed by atoms with van der Waals surface area (Å²) in [7, 11) is 0. The summed E-state index contributed by atoms with van der Waals surface area (Å²) in [6.07, 6.45) is 0. The molecule has 164 valence electrons. The number of nitrogens with one attached hydrogen (secondary N) is 1. The fourth-order valence-corrected chi connectivity index (χ4v) is 3.49. The lowest BCUT2D eigenvalue weighted by Gasteiger charge is -2.17. The number of esters is 1. The predicted octanol–water partition coefficient (Wildman–Crippen LogP) is 1.37. The molecule has 1 N–H and O–H groups in total. The Morgan fingerprint density at radius 3 is 2.47 bits per heavy atom. The lowest BCUT2D eigenvalue weighted by molar-refractivity contribution is -0.117. The highest BCUT2D eigenvalue weighted by molar-refractivity contribution is 6.01. The summed E-state index contributed by atoms with van der Waals surface area (Å²) < 4.78 is 7.15. The van der Waals surface area contributed by atoms with Crippen molar-refractivity contribution in [1.29, 1.82) is 0 Å². The number of aromatic nitrogens is 3. The molecule has 0 unspecified atom stereocenters. The van der Waals surface area contributed by atoms with Crippen LogP contribution in [0.5, 0.6) is 0 Å². The Morgan fingerprint density at radius 2 is 1.72 bits per heavy atom. The maximum absolute atomic E-state index is 12.6. The summed E-state index contributed by atoms with van der Waals surface area (Å²) in [5, 5.41) is 6.87. The van der Waals surface area contributed by atoms with E-state index in [9.17, 15) is 19.2 Å². The summed E-state index contributed by atoms with van der Waals surface area (Å²) in [5.74, 6) is -0.890. The summed E-state index contributed by atoms with van der Waals surface area (Å²) >= 11 is 0. The molecule has 10 nitrogen and oxygen atoms in total. The normalized spacial score (nSPS) is 12.3. The number of anilines is 3. The molecule has 1 aromatic heterocycles. The standard InChI is InChI=1S/C22H21N5O5/c1-2-32-21(31)16-10-6-7-11-17(16)23-18(28)14-27-20(30)19(29)26-13-12-25(22(26)24-27)15-8-4-3-5-9-15/h3-11H,2,12-14H2,1H3,(H,23,28). The van der Waals surface area contributed by atoms with E-state index in [0.717, 1.165) is 10.4 Å². The average Bonchev–Trinajstić information content (AvgIpc) is 3.22. The number of fused-ring (bicyclic) bond motifs is 1. The van der Waals surface area contributed by atoms with E-state index in [1.54, 1.807) is 25.1 Å². The second-order valence-corrected chi connectivity index (χ2v) is 7.02. The van der Waals surface area contributed by atoms with Crippen molar-refractivity contribution in [3.63, 3.8) is 0 Å². The van der Waals surface area contributed by atoms with Crippen LogP contribution in [0.15, 0.2) is 64.2 Å². The van der Waals surface area contributed by atoms with E-state index < -0.39 is 29.5 Å². The molecule has 0 fully saturated rings. The van der Waals surface area contributed by atoms with Crippen molar-refractivity contribution in [3.05, 3.63) is 80.9 Å². The third-order valence-corrected chi connectivity index (χ3v) is 4.96. The minimum atomic E-state index is -0.891. The molecule has 4 rings (SSSR count). The van der Waals surface area contributed by atoms with Gasteiger partial charge in [0.25, 0.3) is 0 Å². The number of para-hydroxylation sites is 2. The van der Waals surface area contributed by atoms with Crippen LogP contribution in [0.25, 0.3) is 0 Å². The number of carbonyl (C=O) groups is 2. The summed E-state index contributed by atoms with van der Waals surface area (Å²) in [5.41, 5.74) is -0.380. The highest BCUT2D eigenvalue weighted by Gasteiger charge is 2.26. The summed E-state index contributed by atoms with van der Waals surface area (Å²) in [6.45, 7) is 2.20. The molecule has 32 heavy (non-hydrogen) atoms. The molecule has 0 atom stereocenters. The molecule has 0 saturated heterocycles. The van der Waals surface area contributed by atoms with Crippen LogP contribution in [0.2, 0.25) is 0 Å². The van der Waals surface area contributed by atoms with Crippen LogP contribution < -0.4 is 21.3 Å². The van der Waals surface area contributed by atoms with E-state index >= 15 is 0 Å². The number of amides is 1. The second kappa shape index (κ2) is 8.88. The van der Waals surface area contributed by atoms with Crippen LogP contribution in [-0.2, 0) is 22.6 Å². The quantitative estimate of drug-likeness (QED) is 0.459. The Kier molecular flexibility index (Phi) is 5.84. The van der Waals surface area contributed by atoms with E-state index in [2.05, 4.69) is 10.4 Å². The maximum Gasteiger partial charge on any atom is 0.340 e. The highest BCUT2D eigenvalue weighted by atomic mass is 16.5. The molecule has 1 aliphatic heterocycles. The molecule has 3 aromatic rings. The van der Waals surface area contributed by atoms with Gasteiger partial charge in [0.2, 0.25) is 11.9 Å². The monoisotopic (exact) mass is 435 g/mol. The van der Waals surface area contributed by atoms with Crippen molar-refractivity contribution in [2.45, 2.75) is 20.0 Å². The molecule has 10 heteroatoms. The maximum atomic E-state index is 12.6. The fourth-order valence-electron chi connectivity index (χ4n) is 3.49. The summed E-state index contributed by atoms with van der Waals surface area (Å²) in [6, 6.07) is 15.7. The minimum absolute atomic E-state index is 0.187. The van der Waals surface area contributed by atoms with Crippen LogP contribution in [0.1, 0.15) is 17.3 Å². The zero-order chi connectivity index (χ0) is 22.7. The SMILES string of the molecule is CCOC(=O)c1ccccc1NC(=O)Cn1nc2n(c(=O)c1=O)CCN2c1ccccc1. The van der Waals surface area contributed by atoms with Gasteiger partial charge in [-0.05, 0) is 31.2 Å². The van der Waals surface area contributed by atoms with Crippen molar-refractivity contribution in [2.75, 3.05) is 23.4 Å². The van der Waals surface area contributed by atoms with Gasteiger partial charge in [-0.15, -0.1) is 5.10 Å². The molecular weight excluding hydrogens is 414 g/mol. The minimum Gasteiger partial charge on any atom is -0.462 e. The number of rotatable bonds is 6. The highest BCUT2D eigenvalue weighted by Crippen LogP contribution is 2.25. The van der Waals surface area contributed by atoms with Crippen molar-refractivity contribution in [1.82, 2.24) is 14.3 Å². The van der Waals surface area contributed by atoms with E-state index in [-0.39, 0.29) is 17.9 Å². The Hall–Kier alpha value is -4.21. The van der Waals surface area contributed by atoms with Gasteiger partial charge in [0, 0.05) is 18.8 Å². The summed E-state index contributed by atoms with van der Waals surface area (Å²) in [4.78, 5) is 51.7. The Labute approximate surface area is 182 Å². The van der Waals surface area contributed by atoms with Gasteiger partial charge in [-0.25, -0.2) is 9.48 Å². The third kappa shape index (κ3) is 4.02. The van der Waals surface area contributed by atoms with Crippen LogP contribution in [0.4, 0.5) is 17.3 Å². The van der Waals surface area contributed by atoms with Crippen LogP contribution >= 0.6 is 0 Å². The van der Waals surface area contributed by atoms with E-state index in [1.165, 1.54) is 10.6 Å². The number of hydrogen-bond donors (Lipinski definition) is 1. The van der Waals surface area contributed by atoms with Crippen LogP contribution in [-0.4, -0.2) is 39.4 Å². The third-order valence-electron chi connectivity index (χ3n) is 4.96. The Bertz CT molecular complexity index is 1280. The second-order valence-electron chi connectivity index (χ2n) is 7.02. The zero-order valence-corrected chi connectivity index (χ0v) is 17.4. The van der Waals surface area contributed by atoms with Crippen molar-refractivity contribution in [3.8, 4) is 0 Å². The van der Waals surface area contributed by atoms with Crippen molar-refractivity contribution < 1.29 is 14.3 Å². The largest absolute Gasteiger partial charge is 0.462 e. The van der Waals surface area contributed by atoms with Gasteiger partial charge in [-0.2, -0.15) is 0 Å². The number of benzene rings is 2. The van der Waals surface area contributed by atoms with Gasteiger partial charge >= 0.3 is 17.1 Å². The molecule has 1 aliphatic rings. The first-order valence-electron chi connectivity index (χ1n) is 10.1. The van der Waals surface area contributed by atoms with Gasteiger partial charge in [0.15, 0.2) is 0 Å². The smallest absolute Gasteiger partial charge is 0.340 e. The van der Waals surface area contributed by atoms with E-state index in [4.69, 9.17) is 4.74 Å².